The third kappa shape index (κ3) is 4.23. The third-order valence-corrected chi connectivity index (χ3v) is 5.75. The van der Waals surface area contributed by atoms with Gasteiger partial charge in [0.1, 0.15) is 9.84 Å². The molecule has 5 heteroatoms. The summed E-state index contributed by atoms with van der Waals surface area (Å²) in [5, 5.41) is 13.4. The minimum Gasteiger partial charge on any atom is -0.389 e. The Morgan fingerprint density at radius 3 is 2.06 bits per heavy atom. The highest BCUT2D eigenvalue weighted by molar-refractivity contribution is 7.91. The lowest BCUT2D eigenvalue weighted by molar-refractivity contribution is -0.00624. The van der Waals surface area contributed by atoms with E-state index < -0.39 is 15.4 Å². The Bertz CT molecular complexity index is 340. The lowest BCUT2D eigenvalue weighted by atomic mass is 9.85. The second-order valence-electron chi connectivity index (χ2n) is 6.16. The SMILES string of the molecule is CC(C)(O)C(C)(C)NCC1CCS(=O)(=O)CC1. The largest absolute Gasteiger partial charge is 0.389 e. The van der Waals surface area contributed by atoms with Gasteiger partial charge in [-0.25, -0.2) is 8.42 Å². The first-order valence-electron chi connectivity index (χ1n) is 6.21. The highest BCUT2D eigenvalue weighted by Crippen LogP contribution is 2.23. The molecule has 17 heavy (non-hydrogen) atoms. The first-order chi connectivity index (χ1) is 7.54. The molecule has 1 saturated heterocycles. The average molecular weight is 263 g/mol. The van der Waals surface area contributed by atoms with Crippen LogP contribution in [0.5, 0.6) is 0 Å². The molecule has 0 radical (unpaired) electrons. The Morgan fingerprint density at radius 1 is 1.18 bits per heavy atom. The number of sulfone groups is 1. The normalized spacial score (nSPS) is 22.6. The fraction of sp³-hybridized carbons (Fsp3) is 1.00. The van der Waals surface area contributed by atoms with Gasteiger partial charge in [-0.3, -0.25) is 0 Å². The molecule has 0 aromatic carbocycles. The van der Waals surface area contributed by atoms with E-state index in [1.165, 1.54) is 0 Å². The van der Waals surface area contributed by atoms with Crippen LogP contribution in [0.4, 0.5) is 0 Å². The maximum atomic E-state index is 11.3. The van der Waals surface area contributed by atoms with Crippen LogP contribution in [0, 0.1) is 5.92 Å². The van der Waals surface area contributed by atoms with Crippen LogP contribution in [0.2, 0.25) is 0 Å². The van der Waals surface area contributed by atoms with Crippen molar-refractivity contribution < 1.29 is 13.5 Å². The molecule has 1 fully saturated rings. The van der Waals surface area contributed by atoms with Crippen molar-refractivity contribution in [2.75, 3.05) is 18.1 Å². The van der Waals surface area contributed by atoms with Gasteiger partial charge >= 0.3 is 0 Å². The highest BCUT2D eigenvalue weighted by atomic mass is 32.2. The van der Waals surface area contributed by atoms with Crippen molar-refractivity contribution in [3.05, 3.63) is 0 Å². The Labute approximate surface area is 105 Å². The fourth-order valence-corrected chi connectivity index (χ4v) is 3.35. The monoisotopic (exact) mass is 263 g/mol. The molecule has 0 spiro atoms. The molecule has 4 nitrogen and oxygen atoms in total. The van der Waals surface area contributed by atoms with Gasteiger partial charge in [0.15, 0.2) is 0 Å². The van der Waals surface area contributed by atoms with Gasteiger partial charge < -0.3 is 10.4 Å². The summed E-state index contributed by atoms with van der Waals surface area (Å²) in [5.41, 5.74) is -1.17. The number of nitrogens with one attached hydrogen (secondary N) is 1. The molecule has 1 rings (SSSR count). The Morgan fingerprint density at radius 2 is 1.65 bits per heavy atom. The number of hydrogen-bond donors (Lipinski definition) is 2. The molecule has 1 aliphatic heterocycles. The molecule has 1 aliphatic rings. The standard InChI is InChI=1S/C12H25NO3S/c1-11(2,12(3,4)14)13-9-10-5-7-17(15,16)8-6-10/h10,13-14H,5-9H2,1-4H3. The molecule has 2 N–H and O–H groups in total. The van der Waals surface area contributed by atoms with Crippen molar-refractivity contribution in [1.29, 1.82) is 0 Å². The average Bonchev–Trinajstić information content (AvgIpc) is 2.14. The molecule has 0 aromatic heterocycles. The topological polar surface area (TPSA) is 66.4 Å². The molecule has 0 amide bonds. The van der Waals surface area contributed by atoms with E-state index in [1.807, 2.05) is 13.8 Å². The second-order valence-corrected chi connectivity index (χ2v) is 8.46. The van der Waals surface area contributed by atoms with Gasteiger partial charge in [0, 0.05) is 5.54 Å². The quantitative estimate of drug-likeness (QED) is 0.792. The summed E-state index contributed by atoms with van der Waals surface area (Å²) < 4.78 is 22.6. The van der Waals surface area contributed by atoms with Crippen LogP contribution in [0.25, 0.3) is 0 Å². The molecule has 102 valence electrons. The summed E-state index contributed by atoms with van der Waals surface area (Å²) in [5.74, 6) is 1.02. The van der Waals surface area contributed by atoms with Crippen LogP contribution >= 0.6 is 0 Å². The smallest absolute Gasteiger partial charge is 0.150 e. The lowest BCUT2D eigenvalue weighted by Gasteiger charge is -2.39. The van der Waals surface area contributed by atoms with Crippen molar-refractivity contribution in [2.24, 2.45) is 5.92 Å². The molecular weight excluding hydrogens is 238 g/mol. The molecule has 0 aromatic rings. The van der Waals surface area contributed by atoms with Gasteiger partial charge in [-0.15, -0.1) is 0 Å². The van der Waals surface area contributed by atoms with E-state index in [4.69, 9.17) is 0 Å². The maximum absolute atomic E-state index is 11.3. The minimum absolute atomic E-state index is 0.308. The summed E-state index contributed by atoms with van der Waals surface area (Å²) in [6.45, 7) is 8.27. The van der Waals surface area contributed by atoms with Crippen molar-refractivity contribution in [3.8, 4) is 0 Å². The van der Waals surface area contributed by atoms with E-state index in [1.54, 1.807) is 13.8 Å². The van der Waals surface area contributed by atoms with Gasteiger partial charge in [-0.2, -0.15) is 0 Å². The highest BCUT2D eigenvalue weighted by Gasteiger charge is 2.35. The first-order valence-corrected chi connectivity index (χ1v) is 8.03. The molecule has 0 saturated carbocycles. The van der Waals surface area contributed by atoms with Crippen molar-refractivity contribution in [3.63, 3.8) is 0 Å². The van der Waals surface area contributed by atoms with Gasteiger partial charge in [0.05, 0.1) is 17.1 Å². The fourth-order valence-electron chi connectivity index (χ4n) is 1.76. The zero-order valence-electron chi connectivity index (χ0n) is 11.3. The summed E-state index contributed by atoms with van der Waals surface area (Å²) in [6.07, 6.45) is 1.47. The lowest BCUT2D eigenvalue weighted by Crippen LogP contribution is -2.57. The van der Waals surface area contributed by atoms with Crippen molar-refractivity contribution in [1.82, 2.24) is 5.32 Å². The minimum atomic E-state index is -2.78. The first kappa shape index (κ1) is 14.9. The van der Waals surface area contributed by atoms with Crippen molar-refractivity contribution in [2.45, 2.75) is 51.7 Å². The summed E-state index contributed by atoms with van der Waals surface area (Å²) >= 11 is 0. The van der Waals surface area contributed by atoms with E-state index in [9.17, 15) is 13.5 Å². The van der Waals surface area contributed by atoms with Gasteiger partial charge in [0.25, 0.3) is 0 Å². The second kappa shape index (κ2) is 4.86. The molecule has 0 unspecified atom stereocenters. The molecular formula is C12H25NO3S. The van der Waals surface area contributed by atoms with Gasteiger partial charge in [-0.1, -0.05) is 0 Å². The zero-order valence-corrected chi connectivity index (χ0v) is 12.1. The van der Waals surface area contributed by atoms with Crippen LogP contribution < -0.4 is 5.32 Å². The Hall–Kier alpha value is -0.130. The molecule has 0 aliphatic carbocycles. The maximum Gasteiger partial charge on any atom is 0.150 e. The summed E-state index contributed by atoms with van der Waals surface area (Å²) in [7, 11) is -2.78. The van der Waals surface area contributed by atoms with E-state index in [2.05, 4.69) is 5.32 Å². The Kier molecular flexibility index (Phi) is 4.27. The van der Waals surface area contributed by atoms with Gasteiger partial charge in [-0.05, 0) is 53.0 Å². The molecule has 0 atom stereocenters. The van der Waals surface area contributed by atoms with E-state index >= 15 is 0 Å². The van der Waals surface area contributed by atoms with Crippen LogP contribution in [0.15, 0.2) is 0 Å². The van der Waals surface area contributed by atoms with Crippen LogP contribution in [0.1, 0.15) is 40.5 Å². The number of hydrogen-bond acceptors (Lipinski definition) is 4. The molecule has 0 bridgehead atoms. The predicted octanol–water partition coefficient (Wildman–Crippen LogP) is 0.950. The Balaban J connectivity index is 2.43. The van der Waals surface area contributed by atoms with Crippen molar-refractivity contribution >= 4 is 9.84 Å². The zero-order chi connectivity index (χ0) is 13.3. The summed E-state index contributed by atoms with van der Waals surface area (Å²) in [4.78, 5) is 0. The third-order valence-electron chi connectivity index (χ3n) is 4.04. The van der Waals surface area contributed by atoms with E-state index in [0.29, 0.717) is 17.4 Å². The van der Waals surface area contributed by atoms with Crippen LogP contribution in [-0.2, 0) is 9.84 Å². The van der Waals surface area contributed by atoms with Crippen LogP contribution in [0.3, 0.4) is 0 Å². The number of rotatable bonds is 4. The summed E-state index contributed by atoms with van der Waals surface area (Å²) in [6, 6.07) is 0. The number of aliphatic hydroxyl groups is 1. The predicted molar refractivity (Wildman–Crippen MR) is 69.8 cm³/mol. The van der Waals surface area contributed by atoms with Gasteiger partial charge in [0.2, 0.25) is 0 Å². The molecule has 1 heterocycles. The van der Waals surface area contributed by atoms with E-state index in [0.717, 1.165) is 19.4 Å². The van der Waals surface area contributed by atoms with Crippen LogP contribution in [-0.4, -0.2) is 42.7 Å². The van der Waals surface area contributed by atoms with E-state index in [-0.39, 0.29) is 5.54 Å².